The summed E-state index contributed by atoms with van der Waals surface area (Å²) in [5, 5.41) is 18.2. The molecule has 0 spiro atoms. The van der Waals surface area contributed by atoms with Gasteiger partial charge in [0.2, 0.25) is 0 Å². The van der Waals surface area contributed by atoms with E-state index in [1.807, 2.05) is 42.5 Å². The van der Waals surface area contributed by atoms with Gasteiger partial charge in [-0.15, -0.1) is 0 Å². The van der Waals surface area contributed by atoms with Crippen LogP contribution in [0.5, 0.6) is 11.5 Å². The lowest BCUT2D eigenvalue weighted by Gasteiger charge is -2.23. The predicted molar refractivity (Wildman–Crippen MR) is 123 cm³/mol. The van der Waals surface area contributed by atoms with Crippen LogP contribution >= 0.6 is 0 Å². The van der Waals surface area contributed by atoms with E-state index in [-0.39, 0.29) is 29.1 Å². The largest absolute Gasteiger partial charge is 0.507 e. The van der Waals surface area contributed by atoms with Crippen molar-refractivity contribution in [3.05, 3.63) is 78.1 Å². The number of fused-ring (bicyclic) bond motifs is 1. The second-order valence-corrected chi connectivity index (χ2v) is 7.83. The first kappa shape index (κ1) is 20.2. The summed E-state index contributed by atoms with van der Waals surface area (Å²) in [6.07, 6.45) is 0. The van der Waals surface area contributed by atoms with Crippen LogP contribution in [-0.2, 0) is 0 Å². The number of aromatic hydroxyl groups is 1. The van der Waals surface area contributed by atoms with E-state index < -0.39 is 5.82 Å². The zero-order chi connectivity index (χ0) is 22.1. The number of hydrogen-bond donors (Lipinski definition) is 3. The Morgan fingerprint density at radius 2 is 1.84 bits per heavy atom. The number of hydrogen-bond acceptors (Lipinski definition) is 6. The lowest BCUT2D eigenvalue weighted by atomic mass is 9.93. The summed E-state index contributed by atoms with van der Waals surface area (Å²) in [6, 6.07) is 19.5. The lowest BCUT2D eigenvalue weighted by Crippen LogP contribution is -2.28. The Balaban J connectivity index is 1.57. The third kappa shape index (κ3) is 3.71. The summed E-state index contributed by atoms with van der Waals surface area (Å²) >= 11 is 0. The van der Waals surface area contributed by atoms with Gasteiger partial charge >= 0.3 is 0 Å². The first-order chi connectivity index (χ1) is 15.6. The van der Waals surface area contributed by atoms with E-state index in [0.717, 1.165) is 29.8 Å². The number of halogens is 1. The van der Waals surface area contributed by atoms with Crippen molar-refractivity contribution in [3.8, 4) is 22.9 Å². The fourth-order valence-electron chi connectivity index (χ4n) is 4.30. The Hall–Kier alpha value is -3.71. The summed E-state index contributed by atoms with van der Waals surface area (Å²) < 4.78 is 19.5. The van der Waals surface area contributed by atoms with Crippen LogP contribution in [0.2, 0.25) is 0 Å². The fraction of sp³-hybridized carbons (Fsp3) is 0.200. The van der Waals surface area contributed by atoms with Gasteiger partial charge in [-0.05, 0) is 36.4 Å². The van der Waals surface area contributed by atoms with Gasteiger partial charge in [0.05, 0.1) is 18.2 Å². The van der Waals surface area contributed by atoms with Crippen LogP contribution in [0.1, 0.15) is 11.5 Å². The van der Waals surface area contributed by atoms with Gasteiger partial charge in [-0.25, -0.2) is 14.4 Å². The Morgan fingerprint density at radius 1 is 1.03 bits per heavy atom. The Morgan fingerprint density at radius 3 is 2.72 bits per heavy atom. The SMILES string of the molecule is COc1ccccc1C1CNC[C@H]1Nc1nc(-c2cc(F)ccc2O)nc2ccccc12. The number of para-hydroxylation sites is 2. The van der Waals surface area contributed by atoms with Crippen LogP contribution in [0.25, 0.3) is 22.3 Å². The molecule has 4 aromatic rings. The summed E-state index contributed by atoms with van der Waals surface area (Å²) in [6.45, 7) is 1.56. The number of methoxy groups -OCH3 is 1. The highest BCUT2D eigenvalue weighted by molar-refractivity contribution is 5.91. The minimum Gasteiger partial charge on any atom is -0.507 e. The molecular weight excluding hydrogens is 407 g/mol. The number of phenolic OH excluding ortho intramolecular Hbond substituents is 1. The number of nitrogens with zero attached hydrogens (tertiary/aromatic N) is 2. The van der Waals surface area contributed by atoms with Crippen molar-refractivity contribution in [1.82, 2.24) is 15.3 Å². The molecule has 1 aromatic heterocycles. The molecule has 3 aromatic carbocycles. The molecule has 1 aliphatic heterocycles. The molecule has 0 radical (unpaired) electrons. The zero-order valence-corrected chi connectivity index (χ0v) is 17.5. The second-order valence-electron chi connectivity index (χ2n) is 7.83. The van der Waals surface area contributed by atoms with Crippen LogP contribution in [0.15, 0.2) is 66.7 Å². The maximum atomic E-state index is 13.9. The Labute approximate surface area is 185 Å². The zero-order valence-electron chi connectivity index (χ0n) is 17.5. The van der Waals surface area contributed by atoms with E-state index in [2.05, 4.69) is 21.7 Å². The van der Waals surface area contributed by atoms with Crippen molar-refractivity contribution in [2.24, 2.45) is 0 Å². The number of rotatable bonds is 5. The highest BCUT2D eigenvalue weighted by Gasteiger charge is 2.31. The van der Waals surface area contributed by atoms with Crippen molar-refractivity contribution in [1.29, 1.82) is 0 Å². The molecule has 0 amide bonds. The molecule has 1 aliphatic rings. The highest BCUT2D eigenvalue weighted by Crippen LogP contribution is 2.35. The van der Waals surface area contributed by atoms with Crippen molar-refractivity contribution >= 4 is 16.7 Å². The number of anilines is 1. The van der Waals surface area contributed by atoms with Crippen LogP contribution in [0, 0.1) is 5.82 Å². The van der Waals surface area contributed by atoms with E-state index in [1.165, 1.54) is 18.2 Å². The van der Waals surface area contributed by atoms with Gasteiger partial charge < -0.3 is 20.5 Å². The molecule has 162 valence electrons. The van der Waals surface area contributed by atoms with Crippen molar-refractivity contribution in [2.75, 3.05) is 25.5 Å². The molecule has 7 heteroatoms. The van der Waals surface area contributed by atoms with Crippen molar-refractivity contribution in [2.45, 2.75) is 12.0 Å². The predicted octanol–water partition coefficient (Wildman–Crippen LogP) is 4.32. The molecule has 2 heterocycles. The fourth-order valence-corrected chi connectivity index (χ4v) is 4.30. The molecule has 32 heavy (non-hydrogen) atoms. The molecule has 0 saturated carbocycles. The Bertz CT molecular complexity index is 1280. The van der Waals surface area contributed by atoms with Gasteiger partial charge in [0.15, 0.2) is 5.82 Å². The average molecular weight is 430 g/mol. The summed E-state index contributed by atoms with van der Waals surface area (Å²) in [7, 11) is 1.68. The van der Waals surface area contributed by atoms with Gasteiger partial charge in [-0.3, -0.25) is 0 Å². The molecule has 5 rings (SSSR count). The number of aromatic nitrogens is 2. The normalized spacial score (nSPS) is 18.1. The number of ether oxygens (including phenoxy) is 1. The summed E-state index contributed by atoms with van der Waals surface area (Å²) in [5.74, 6) is 1.41. The molecule has 3 N–H and O–H groups in total. The maximum absolute atomic E-state index is 13.9. The highest BCUT2D eigenvalue weighted by atomic mass is 19.1. The van der Waals surface area contributed by atoms with E-state index in [0.29, 0.717) is 11.3 Å². The van der Waals surface area contributed by atoms with E-state index >= 15 is 0 Å². The quantitative estimate of drug-likeness (QED) is 0.438. The van der Waals surface area contributed by atoms with Gasteiger partial charge in [0.1, 0.15) is 23.1 Å². The standard InChI is InChI=1S/C25H23FN4O2/c1-32-23-9-5-3-6-16(23)19-13-27-14-21(19)29-24-17-7-2-4-8-20(17)28-25(30-24)18-12-15(26)10-11-22(18)31/h2-12,19,21,27,31H,13-14H2,1H3,(H,28,29,30)/t19?,21-/m1/s1. The number of phenols is 1. The monoisotopic (exact) mass is 430 g/mol. The smallest absolute Gasteiger partial charge is 0.165 e. The van der Waals surface area contributed by atoms with E-state index in [1.54, 1.807) is 7.11 Å². The number of nitrogens with one attached hydrogen (secondary N) is 2. The van der Waals surface area contributed by atoms with Gasteiger partial charge in [-0.1, -0.05) is 30.3 Å². The van der Waals surface area contributed by atoms with Gasteiger partial charge in [0.25, 0.3) is 0 Å². The van der Waals surface area contributed by atoms with E-state index in [4.69, 9.17) is 9.72 Å². The summed E-state index contributed by atoms with van der Waals surface area (Å²) in [5.41, 5.74) is 2.09. The molecule has 1 saturated heterocycles. The first-order valence-electron chi connectivity index (χ1n) is 10.5. The van der Waals surface area contributed by atoms with Crippen molar-refractivity contribution in [3.63, 3.8) is 0 Å². The second kappa shape index (κ2) is 8.43. The minimum absolute atomic E-state index is 0.0542. The van der Waals surface area contributed by atoms with Crippen LogP contribution in [0.4, 0.5) is 10.2 Å². The number of benzene rings is 3. The molecule has 0 aliphatic carbocycles. The third-order valence-electron chi connectivity index (χ3n) is 5.88. The Kier molecular flexibility index (Phi) is 5.33. The average Bonchev–Trinajstić information content (AvgIpc) is 3.28. The van der Waals surface area contributed by atoms with E-state index in [9.17, 15) is 9.50 Å². The van der Waals surface area contributed by atoms with Gasteiger partial charge in [-0.2, -0.15) is 0 Å². The molecule has 6 nitrogen and oxygen atoms in total. The van der Waals surface area contributed by atoms with Gasteiger partial charge in [0, 0.05) is 36.0 Å². The molecule has 1 fully saturated rings. The minimum atomic E-state index is -0.458. The molecule has 0 bridgehead atoms. The lowest BCUT2D eigenvalue weighted by molar-refractivity contribution is 0.405. The third-order valence-corrected chi connectivity index (χ3v) is 5.88. The van der Waals surface area contributed by atoms with Crippen LogP contribution < -0.4 is 15.4 Å². The molecule has 1 unspecified atom stereocenters. The first-order valence-corrected chi connectivity index (χ1v) is 10.5. The van der Waals surface area contributed by atoms with Crippen LogP contribution in [0.3, 0.4) is 0 Å². The van der Waals surface area contributed by atoms with Crippen molar-refractivity contribution < 1.29 is 14.2 Å². The maximum Gasteiger partial charge on any atom is 0.165 e. The molecular formula is C25H23FN4O2. The van der Waals surface area contributed by atoms with Crippen LogP contribution in [-0.4, -0.2) is 41.3 Å². The molecule has 2 atom stereocenters. The topological polar surface area (TPSA) is 79.3 Å². The summed E-state index contributed by atoms with van der Waals surface area (Å²) in [4.78, 5) is 9.27.